The van der Waals surface area contributed by atoms with Gasteiger partial charge in [-0.2, -0.15) is 0 Å². The lowest BCUT2D eigenvalue weighted by Crippen LogP contribution is -2.53. The minimum atomic E-state index is -0.584. The molecular weight excluding hydrogens is 498 g/mol. The van der Waals surface area contributed by atoms with E-state index in [1.165, 1.54) is 16.7 Å². The molecule has 0 saturated heterocycles. The van der Waals surface area contributed by atoms with Gasteiger partial charge >= 0.3 is 0 Å². The first-order valence-corrected chi connectivity index (χ1v) is 14.5. The lowest BCUT2D eigenvalue weighted by atomic mass is 9.84. The zero-order valence-corrected chi connectivity index (χ0v) is 24.2. The molecule has 0 spiro atoms. The van der Waals surface area contributed by atoms with Gasteiger partial charge in [0.05, 0.1) is 6.04 Å². The lowest BCUT2D eigenvalue weighted by Gasteiger charge is -2.37. The molecule has 5 rings (SSSR count). The van der Waals surface area contributed by atoms with Crippen molar-refractivity contribution in [2.75, 3.05) is 27.2 Å². The summed E-state index contributed by atoms with van der Waals surface area (Å²) in [6, 6.07) is 21.5. The molecule has 1 aliphatic heterocycles. The van der Waals surface area contributed by atoms with Gasteiger partial charge in [0.25, 0.3) is 5.91 Å². The zero-order chi connectivity index (χ0) is 28.2. The molecule has 0 aromatic heterocycles. The number of rotatable bonds is 8. The summed E-state index contributed by atoms with van der Waals surface area (Å²) >= 11 is 0. The van der Waals surface area contributed by atoms with E-state index in [1.54, 1.807) is 17.0 Å². The van der Waals surface area contributed by atoms with Crippen LogP contribution in [-0.2, 0) is 24.2 Å². The van der Waals surface area contributed by atoms with Crippen LogP contribution in [0.1, 0.15) is 76.8 Å². The van der Waals surface area contributed by atoms with Crippen molar-refractivity contribution >= 4 is 11.8 Å². The number of likely N-dealkylation sites (N-methyl/N-ethyl adjacent to an activating group) is 1. The molecular formula is C34H41N3O3. The van der Waals surface area contributed by atoms with Crippen LogP contribution < -0.4 is 10.1 Å². The molecule has 2 aliphatic rings. The molecule has 2 atom stereocenters. The number of benzene rings is 3. The van der Waals surface area contributed by atoms with Crippen molar-refractivity contribution in [3.8, 4) is 5.75 Å². The van der Waals surface area contributed by atoms with Gasteiger partial charge in [0.15, 0.2) is 0 Å². The SMILES string of the molecule is CC(C)c1ccc2c(c1)C(NC(=O)C1Cc3ccccc3CN1C(=O)c1cccc(OCCN(C)C)c1)CCC2. The second-order valence-electron chi connectivity index (χ2n) is 11.7. The van der Waals surface area contributed by atoms with Gasteiger partial charge in [0, 0.05) is 25.1 Å². The van der Waals surface area contributed by atoms with E-state index in [4.69, 9.17) is 4.74 Å². The number of carbonyl (C=O) groups is 2. The Hall–Kier alpha value is -3.64. The highest BCUT2D eigenvalue weighted by molar-refractivity contribution is 5.98. The number of hydrogen-bond donors (Lipinski definition) is 1. The Morgan fingerprint density at radius 3 is 2.58 bits per heavy atom. The van der Waals surface area contributed by atoms with Crippen LogP contribution >= 0.6 is 0 Å². The molecule has 1 heterocycles. The molecule has 0 fully saturated rings. The van der Waals surface area contributed by atoms with Crippen LogP contribution in [0.5, 0.6) is 5.75 Å². The van der Waals surface area contributed by atoms with Gasteiger partial charge < -0.3 is 19.9 Å². The van der Waals surface area contributed by atoms with E-state index in [0.29, 0.717) is 36.8 Å². The molecule has 3 aromatic carbocycles. The first-order chi connectivity index (χ1) is 19.3. The highest BCUT2D eigenvalue weighted by atomic mass is 16.5. The van der Waals surface area contributed by atoms with Gasteiger partial charge in [-0.25, -0.2) is 0 Å². The molecule has 1 N–H and O–H groups in total. The van der Waals surface area contributed by atoms with Crippen molar-refractivity contribution in [1.29, 1.82) is 0 Å². The molecule has 0 saturated carbocycles. The molecule has 1 aliphatic carbocycles. The molecule has 40 heavy (non-hydrogen) atoms. The van der Waals surface area contributed by atoms with E-state index < -0.39 is 6.04 Å². The molecule has 0 radical (unpaired) electrons. The number of fused-ring (bicyclic) bond motifs is 2. The number of carbonyl (C=O) groups excluding carboxylic acids is 2. The second-order valence-corrected chi connectivity index (χ2v) is 11.7. The Bertz CT molecular complexity index is 1370. The quantitative estimate of drug-likeness (QED) is 0.410. The molecule has 3 aromatic rings. The minimum Gasteiger partial charge on any atom is -0.492 e. The summed E-state index contributed by atoms with van der Waals surface area (Å²) in [5, 5.41) is 3.37. The van der Waals surface area contributed by atoms with Gasteiger partial charge in [0.1, 0.15) is 18.4 Å². The maximum absolute atomic E-state index is 14.0. The van der Waals surface area contributed by atoms with Crippen molar-refractivity contribution < 1.29 is 14.3 Å². The first-order valence-electron chi connectivity index (χ1n) is 14.5. The number of nitrogens with one attached hydrogen (secondary N) is 1. The average Bonchev–Trinajstić information content (AvgIpc) is 2.96. The van der Waals surface area contributed by atoms with Crippen LogP contribution in [0.25, 0.3) is 0 Å². The number of aryl methyl sites for hydroxylation is 1. The summed E-state index contributed by atoms with van der Waals surface area (Å²) < 4.78 is 5.89. The zero-order valence-electron chi connectivity index (χ0n) is 24.2. The summed E-state index contributed by atoms with van der Waals surface area (Å²) in [5.74, 6) is 0.841. The molecule has 2 unspecified atom stereocenters. The minimum absolute atomic E-state index is 0.0440. The Balaban J connectivity index is 1.39. The van der Waals surface area contributed by atoms with Gasteiger partial charge in [-0.15, -0.1) is 0 Å². The predicted octanol–water partition coefficient (Wildman–Crippen LogP) is 5.51. The van der Waals surface area contributed by atoms with Crippen LogP contribution in [0.2, 0.25) is 0 Å². The third kappa shape index (κ3) is 6.23. The van der Waals surface area contributed by atoms with Crippen LogP contribution in [0.4, 0.5) is 0 Å². The van der Waals surface area contributed by atoms with E-state index in [0.717, 1.165) is 36.9 Å². The van der Waals surface area contributed by atoms with Crippen molar-refractivity contribution in [1.82, 2.24) is 15.1 Å². The summed E-state index contributed by atoms with van der Waals surface area (Å²) in [6.45, 7) is 6.12. The van der Waals surface area contributed by atoms with Crippen LogP contribution in [-0.4, -0.2) is 54.9 Å². The van der Waals surface area contributed by atoms with E-state index in [9.17, 15) is 9.59 Å². The van der Waals surface area contributed by atoms with E-state index in [1.807, 2.05) is 38.4 Å². The van der Waals surface area contributed by atoms with Crippen LogP contribution in [0.15, 0.2) is 66.7 Å². The summed E-state index contributed by atoms with van der Waals surface area (Å²) in [6.07, 6.45) is 3.48. The van der Waals surface area contributed by atoms with Gasteiger partial charge in [-0.1, -0.05) is 62.4 Å². The predicted molar refractivity (Wildman–Crippen MR) is 159 cm³/mol. The van der Waals surface area contributed by atoms with Crippen LogP contribution in [0.3, 0.4) is 0 Å². The fourth-order valence-corrected chi connectivity index (χ4v) is 5.80. The number of hydrogen-bond acceptors (Lipinski definition) is 4. The fraction of sp³-hybridized carbons (Fsp3) is 0.412. The van der Waals surface area contributed by atoms with Gasteiger partial charge in [-0.3, -0.25) is 9.59 Å². The average molecular weight is 540 g/mol. The van der Waals surface area contributed by atoms with E-state index >= 15 is 0 Å². The summed E-state index contributed by atoms with van der Waals surface area (Å²) in [4.78, 5) is 31.7. The number of nitrogens with zero attached hydrogens (tertiary/aromatic N) is 2. The Morgan fingerprint density at radius 2 is 1.80 bits per heavy atom. The van der Waals surface area contributed by atoms with Crippen molar-refractivity contribution in [3.63, 3.8) is 0 Å². The van der Waals surface area contributed by atoms with Gasteiger partial charge in [-0.05, 0) is 85.3 Å². The lowest BCUT2D eigenvalue weighted by molar-refractivity contribution is -0.127. The Morgan fingerprint density at radius 1 is 1.00 bits per heavy atom. The third-order valence-electron chi connectivity index (χ3n) is 8.17. The highest BCUT2D eigenvalue weighted by Crippen LogP contribution is 2.33. The summed E-state index contributed by atoms with van der Waals surface area (Å²) in [7, 11) is 4.00. The van der Waals surface area contributed by atoms with Gasteiger partial charge in [0.2, 0.25) is 5.91 Å². The molecule has 6 nitrogen and oxygen atoms in total. The monoisotopic (exact) mass is 539 g/mol. The smallest absolute Gasteiger partial charge is 0.254 e. The second kappa shape index (κ2) is 12.3. The van der Waals surface area contributed by atoms with Crippen molar-refractivity contribution in [3.05, 3.63) is 100 Å². The Labute approximate surface area is 238 Å². The first kappa shape index (κ1) is 27.9. The van der Waals surface area contributed by atoms with Crippen molar-refractivity contribution in [2.45, 2.75) is 64.1 Å². The van der Waals surface area contributed by atoms with Crippen LogP contribution in [0, 0.1) is 0 Å². The fourth-order valence-electron chi connectivity index (χ4n) is 5.80. The normalized spacial score (nSPS) is 18.3. The maximum atomic E-state index is 14.0. The summed E-state index contributed by atoms with van der Waals surface area (Å²) in [5.41, 5.74) is 6.57. The topological polar surface area (TPSA) is 61.9 Å². The molecule has 0 bridgehead atoms. The standard InChI is InChI=1S/C34H41N3O3/c1-23(2)25-16-15-24-11-8-14-31(30(24)20-25)35-33(38)32-21-26-9-5-6-10-28(26)22-37(32)34(39)27-12-7-13-29(19-27)40-18-17-36(3)4/h5-7,9-10,12-13,15-16,19-20,23,31-32H,8,11,14,17-18,21-22H2,1-4H3,(H,35,38). The number of amides is 2. The van der Waals surface area contributed by atoms with E-state index in [2.05, 4.69) is 54.4 Å². The Kier molecular flexibility index (Phi) is 8.55. The number of ether oxygens (including phenoxy) is 1. The molecule has 2 amide bonds. The highest BCUT2D eigenvalue weighted by Gasteiger charge is 2.36. The maximum Gasteiger partial charge on any atom is 0.254 e. The molecule has 210 valence electrons. The van der Waals surface area contributed by atoms with E-state index in [-0.39, 0.29) is 17.9 Å². The van der Waals surface area contributed by atoms with Crippen molar-refractivity contribution in [2.24, 2.45) is 0 Å². The largest absolute Gasteiger partial charge is 0.492 e. The molecule has 6 heteroatoms. The third-order valence-corrected chi connectivity index (χ3v) is 8.17.